The molecule has 1 aliphatic heterocycles. The summed E-state index contributed by atoms with van der Waals surface area (Å²) in [7, 11) is 0. The number of benzene rings is 2. The summed E-state index contributed by atoms with van der Waals surface area (Å²) in [6.45, 7) is 9.05. The first kappa shape index (κ1) is 21.0. The number of halogens is 2. The summed E-state index contributed by atoms with van der Waals surface area (Å²) in [5.74, 6) is -0.980. The smallest absolute Gasteiger partial charge is 0.309 e. The number of likely N-dealkylation sites (tertiary alicyclic amines) is 1. The second-order valence-corrected chi connectivity index (χ2v) is 8.29. The maximum absolute atomic E-state index is 11.0. The lowest BCUT2D eigenvalue weighted by atomic mass is 9.98. The van der Waals surface area contributed by atoms with E-state index in [1.54, 1.807) is 0 Å². The van der Waals surface area contributed by atoms with Crippen LogP contribution in [0.2, 0.25) is 10.0 Å². The lowest BCUT2D eigenvalue weighted by Gasteiger charge is -2.37. The number of hydrogen-bond acceptors (Lipinski definition) is 3. The molecule has 0 aromatic heterocycles. The van der Waals surface area contributed by atoms with Crippen molar-refractivity contribution in [2.45, 2.75) is 33.4 Å². The number of aryl methyl sites for hydroxylation is 1. The lowest BCUT2D eigenvalue weighted by molar-refractivity contribution is -0.147. The van der Waals surface area contributed by atoms with E-state index in [4.69, 9.17) is 28.3 Å². The Hall–Kier alpha value is -1.75. The summed E-state index contributed by atoms with van der Waals surface area (Å²) in [5.41, 5.74) is 4.43. The molecule has 0 radical (unpaired) electrons. The Morgan fingerprint density at radius 3 is 2.50 bits per heavy atom. The number of anilines is 1. The zero-order valence-electron chi connectivity index (χ0n) is 16.5. The molecule has 4 nitrogen and oxygen atoms in total. The van der Waals surface area contributed by atoms with Gasteiger partial charge in [-0.1, -0.05) is 35.3 Å². The number of carbonyl (C=O) groups is 1. The normalized spacial score (nSPS) is 15.9. The Morgan fingerprint density at radius 1 is 1.21 bits per heavy atom. The van der Waals surface area contributed by atoms with Gasteiger partial charge in [0, 0.05) is 41.9 Å². The van der Waals surface area contributed by atoms with Crippen LogP contribution < -0.4 is 4.90 Å². The van der Waals surface area contributed by atoms with Crippen LogP contribution in [0.25, 0.3) is 0 Å². The van der Waals surface area contributed by atoms with Crippen molar-refractivity contribution in [1.82, 2.24) is 4.90 Å². The van der Waals surface area contributed by atoms with Crippen molar-refractivity contribution in [3.63, 3.8) is 0 Å². The van der Waals surface area contributed by atoms with Gasteiger partial charge < -0.3 is 10.0 Å². The second-order valence-electron chi connectivity index (χ2n) is 7.48. The molecule has 0 spiro atoms. The number of rotatable bonds is 7. The number of nitrogens with zero attached hydrogens (tertiary/aromatic N) is 2. The third-order valence-corrected chi connectivity index (χ3v) is 6.33. The molecule has 28 heavy (non-hydrogen) atoms. The minimum atomic E-state index is -0.721. The molecule has 2 aromatic carbocycles. The predicted molar refractivity (Wildman–Crippen MR) is 115 cm³/mol. The summed E-state index contributed by atoms with van der Waals surface area (Å²) in [6.07, 6.45) is 0. The van der Waals surface area contributed by atoms with Crippen molar-refractivity contribution < 1.29 is 9.90 Å². The van der Waals surface area contributed by atoms with Gasteiger partial charge in [-0.05, 0) is 61.7 Å². The van der Waals surface area contributed by atoms with Crippen molar-refractivity contribution in [3.05, 3.63) is 63.1 Å². The average Bonchev–Trinajstić information content (AvgIpc) is 2.62. The molecule has 1 unspecified atom stereocenters. The highest BCUT2D eigenvalue weighted by atomic mass is 35.5. The SMILES string of the molecule is CCN(c1ccc(Cl)c(C)c1)C(C)c1ccc(Cl)c(CN2CC(C(=O)O)C2)c1. The quantitative estimate of drug-likeness (QED) is 0.650. The largest absolute Gasteiger partial charge is 0.481 e. The fourth-order valence-electron chi connectivity index (χ4n) is 3.74. The van der Waals surface area contributed by atoms with Gasteiger partial charge in [0.1, 0.15) is 0 Å². The van der Waals surface area contributed by atoms with E-state index in [0.717, 1.165) is 33.4 Å². The molecule has 3 rings (SSSR count). The Bertz CT molecular complexity index is 866. The highest BCUT2D eigenvalue weighted by molar-refractivity contribution is 6.31. The fourth-order valence-corrected chi connectivity index (χ4v) is 4.03. The summed E-state index contributed by atoms with van der Waals surface area (Å²) < 4.78 is 0. The van der Waals surface area contributed by atoms with Gasteiger partial charge in [0.05, 0.1) is 12.0 Å². The molecule has 1 saturated heterocycles. The Labute approximate surface area is 176 Å². The first-order valence-electron chi connectivity index (χ1n) is 9.56. The monoisotopic (exact) mass is 420 g/mol. The lowest BCUT2D eigenvalue weighted by Crippen LogP contribution is -2.49. The minimum Gasteiger partial charge on any atom is -0.481 e. The molecular weight excluding hydrogens is 395 g/mol. The Balaban J connectivity index is 1.78. The van der Waals surface area contributed by atoms with E-state index < -0.39 is 5.97 Å². The predicted octanol–water partition coefficient (Wildman–Crippen LogP) is 5.41. The molecule has 1 atom stereocenters. The zero-order valence-corrected chi connectivity index (χ0v) is 18.0. The van der Waals surface area contributed by atoms with Crippen molar-refractivity contribution in [2.24, 2.45) is 5.92 Å². The van der Waals surface area contributed by atoms with Gasteiger partial charge >= 0.3 is 5.97 Å². The van der Waals surface area contributed by atoms with Crippen LogP contribution >= 0.6 is 23.2 Å². The molecule has 150 valence electrons. The third kappa shape index (κ3) is 4.45. The Kier molecular flexibility index (Phi) is 6.54. The molecule has 2 aromatic rings. The van der Waals surface area contributed by atoms with Gasteiger partial charge in [-0.3, -0.25) is 9.69 Å². The standard InChI is InChI=1S/C22H26Cl2N2O2/c1-4-26(19-6-8-20(23)14(2)9-19)15(3)16-5-7-21(24)17(10-16)11-25-12-18(13-25)22(27)28/h5-10,15,18H,4,11-13H2,1-3H3,(H,27,28). The van der Waals surface area contributed by atoms with Crippen LogP contribution in [0.3, 0.4) is 0 Å². The first-order valence-corrected chi connectivity index (χ1v) is 10.3. The average molecular weight is 421 g/mol. The van der Waals surface area contributed by atoms with Gasteiger partial charge in [0.25, 0.3) is 0 Å². The van der Waals surface area contributed by atoms with Crippen molar-refractivity contribution in [1.29, 1.82) is 0 Å². The summed E-state index contributed by atoms with van der Waals surface area (Å²) >= 11 is 12.6. The van der Waals surface area contributed by atoms with Crippen LogP contribution in [0, 0.1) is 12.8 Å². The number of carboxylic acids is 1. The second kappa shape index (κ2) is 8.73. The van der Waals surface area contributed by atoms with Crippen LogP contribution in [0.15, 0.2) is 36.4 Å². The van der Waals surface area contributed by atoms with Crippen LogP contribution in [0.1, 0.15) is 36.6 Å². The van der Waals surface area contributed by atoms with Crippen molar-refractivity contribution in [3.8, 4) is 0 Å². The zero-order chi connectivity index (χ0) is 20.4. The molecule has 0 amide bonds. The molecular formula is C22H26Cl2N2O2. The molecule has 0 saturated carbocycles. The molecule has 1 aliphatic rings. The third-order valence-electron chi connectivity index (χ3n) is 5.53. The van der Waals surface area contributed by atoms with E-state index in [2.05, 4.69) is 47.9 Å². The molecule has 0 aliphatic carbocycles. The van der Waals surface area contributed by atoms with Crippen molar-refractivity contribution >= 4 is 34.9 Å². The number of hydrogen-bond donors (Lipinski definition) is 1. The number of aliphatic carboxylic acids is 1. The molecule has 6 heteroatoms. The summed E-state index contributed by atoms with van der Waals surface area (Å²) in [6, 6.07) is 12.4. The van der Waals surface area contributed by atoms with Gasteiger partial charge in [0.15, 0.2) is 0 Å². The molecule has 0 bridgehead atoms. The number of carboxylic acid groups (broad SMARTS) is 1. The molecule has 1 N–H and O–H groups in total. The van der Waals surface area contributed by atoms with Crippen LogP contribution in [-0.4, -0.2) is 35.6 Å². The van der Waals surface area contributed by atoms with Gasteiger partial charge in [-0.25, -0.2) is 0 Å². The van der Waals surface area contributed by atoms with E-state index in [0.29, 0.717) is 19.6 Å². The highest BCUT2D eigenvalue weighted by Gasteiger charge is 2.32. The summed E-state index contributed by atoms with van der Waals surface area (Å²) in [4.78, 5) is 15.5. The topological polar surface area (TPSA) is 43.8 Å². The van der Waals surface area contributed by atoms with E-state index in [1.807, 2.05) is 19.1 Å². The highest BCUT2D eigenvalue weighted by Crippen LogP contribution is 2.32. The maximum atomic E-state index is 11.0. The van der Waals surface area contributed by atoms with E-state index in [1.165, 1.54) is 5.56 Å². The van der Waals surface area contributed by atoms with Gasteiger partial charge in [-0.2, -0.15) is 0 Å². The van der Waals surface area contributed by atoms with Crippen LogP contribution in [-0.2, 0) is 11.3 Å². The van der Waals surface area contributed by atoms with Crippen LogP contribution in [0.4, 0.5) is 5.69 Å². The first-order chi connectivity index (χ1) is 13.3. The van der Waals surface area contributed by atoms with Crippen molar-refractivity contribution in [2.75, 3.05) is 24.5 Å². The van der Waals surface area contributed by atoms with E-state index >= 15 is 0 Å². The molecule has 1 heterocycles. The Morgan fingerprint density at radius 2 is 1.89 bits per heavy atom. The summed E-state index contributed by atoms with van der Waals surface area (Å²) in [5, 5.41) is 10.6. The minimum absolute atomic E-state index is 0.171. The van der Waals surface area contributed by atoms with Crippen LogP contribution in [0.5, 0.6) is 0 Å². The van der Waals surface area contributed by atoms with Gasteiger partial charge in [-0.15, -0.1) is 0 Å². The van der Waals surface area contributed by atoms with E-state index in [-0.39, 0.29) is 12.0 Å². The maximum Gasteiger partial charge on any atom is 0.309 e. The molecule has 1 fully saturated rings. The van der Waals surface area contributed by atoms with Gasteiger partial charge in [0.2, 0.25) is 0 Å². The van der Waals surface area contributed by atoms with E-state index in [9.17, 15) is 4.79 Å². The fraction of sp³-hybridized carbons (Fsp3) is 0.409.